The fraction of sp³-hybridized carbons (Fsp3) is 0.941. The standard InChI is InChI=1S/C17H34N2O3/c1-12(2)10-15(20)11-18-13-6-8-14(9-7-13)19-16(21)22-17(3,4)5/h12-15,18,20H,6-11H2,1-5H3,(H,19,21). The van der Waals surface area contributed by atoms with Crippen LogP contribution in [0.4, 0.5) is 4.79 Å². The van der Waals surface area contributed by atoms with E-state index in [0.717, 1.165) is 32.1 Å². The number of rotatable bonds is 6. The van der Waals surface area contributed by atoms with E-state index in [0.29, 0.717) is 18.5 Å². The van der Waals surface area contributed by atoms with Crippen molar-refractivity contribution in [1.29, 1.82) is 0 Å². The van der Waals surface area contributed by atoms with Crippen LogP contribution in [0.1, 0.15) is 66.7 Å². The third-order valence-corrected chi connectivity index (χ3v) is 3.83. The van der Waals surface area contributed by atoms with Crippen molar-refractivity contribution in [2.75, 3.05) is 6.54 Å². The third kappa shape index (κ3) is 8.59. The van der Waals surface area contributed by atoms with E-state index in [4.69, 9.17) is 4.74 Å². The van der Waals surface area contributed by atoms with Gasteiger partial charge in [0.2, 0.25) is 0 Å². The van der Waals surface area contributed by atoms with Crippen molar-refractivity contribution >= 4 is 6.09 Å². The maximum absolute atomic E-state index is 11.7. The van der Waals surface area contributed by atoms with Gasteiger partial charge in [0.25, 0.3) is 0 Å². The molecule has 0 aromatic rings. The van der Waals surface area contributed by atoms with E-state index in [1.807, 2.05) is 20.8 Å². The number of alkyl carbamates (subject to hydrolysis) is 1. The average Bonchev–Trinajstić information content (AvgIpc) is 2.34. The lowest BCUT2D eigenvalue weighted by Gasteiger charge is -2.31. The lowest BCUT2D eigenvalue weighted by Crippen LogP contribution is -2.45. The Morgan fingerprint density at radius 1 is 1.18 bits per heavy atom. The van der Waals surface area contributed by atoms with Crippen LogP contribution in [0.25, 0.3) is 0 Å². The molecule has 1 atom stereocenters. The first-order valence-electron chi connectivity index (χ1n) is 8.56. The summed E-state index contributed by atoms with van der Waals surface area (Å²) in [7, 11) is 0. The summed E-state index contributed by atoms with van der Waals surface area (Å²) in [5, 5.41) is 16.3. The number of carbonyl (C=O) groups excluding carboxylic acids is 1. The molecule has 1 unspecified atom stereocenters. The summed E-state index contributed by atoms with van der Waals surface area (Å²) in [5.41, 5.74) is -0.449. The molecule has 1 aliphatic carbocycles. The first-order valence-corrected chi connectivity index (χ1v) is 8.56. The van der Waals surface area contributed by atoms with Gasteiger partial charge in [0.15, 0.2) is 0 Å². The molecule has 0 heterocycles. The monoisotopic (exact) mass is 314 g/mol. The minimum Gasteiger partial charge on any atom is -0.444 e. The molecular formula is C17H34N2O3. The largest absolute Gasteiger partial charge is 0.444 e. The van der Waals surface area contributed by atoms with Crippen LogP contribution in [0.15, 0.2) is 0 Å². The summed E-state index contributed by atoms with van der Waals surface area (Å²) in [6, 6.07) is 0.645. The molecule has 1 fully saturated rings. The second kappa shape index (κ2) is 8.73. The van der Waals surface area contributed by atoms with Gasteiger partial charge < -0.3 is 20.5 Å². The number of amides is 1. The number of carbonyl (C=O) groups is 1. The smallest absolute Gasteiger partial charge is 0.407 e. The van der Waals surface area contributed by atoms with Crippen molar-refractivity contribution in [3.05, 3.63) is 0 Å². The Morgan fingerprint density at radius 2 is 1.73 bits per heavy atom. The Labute approximate surface area is 135 Å². The molecule has 0 bridgehead atoms. The molecule has 1 rings (SSSR count). The Hall–Kier alpha value is -0.810. The summed E-state index contributed by atoms with van der Waals surface area (Å²) in [5.74, 6) is 0.519. The van der Waals surface area contributed by atoms with E-state index in [2.05, 4.69) is 24.5 Å². The fourth-order valence-electron chi connectivity index (χ4n) is 2.85. The molecule has 5 heteroatoms. The van der Waals surface area contributed by atoms with E-state index < -0.39 is 5.60 Å². The highest BCUT2D eigenvalue weighted by Crippen LogP contribution is 2.19. The van der Waals surface area contributed by atoms with Crippen molar-refractivity contribution in [3.8, 4) is 0 Å². The van der Waals surface area contributed by atoms with E-state index in [1.165, 1.54) is 0 Å². The number of aliphatic hydroxyl groups is 1. The molecule has 0 spiro atoms. The molecule has 0 saturated heterocycles. The van der Waals surface area contributed by atoms with Gasteiger partial charge in [0.1, 0.15) is 5.60 Å². The van der Waals surface area contributed by atoms with Crippen LogP contribution < -0.4 is 10.6 Å². The van der Waals surface area contributed by atoms with Crippen molar-refractivity contribution in [3.63, 3.8) is 0 Å². The highest BCUT2D eigenvalue weighted by atomic mass is 16.6. The molecule has 1 aliphatic rings. The van der Waals surface area contributed by atoms with Crippen LogP contribution >= 0.6 is 0 Å². The van der Waals surface area contributed by atoms with Crippen LogP contribution in [0.2, 0.25) is 0 Å². The van der Waals surface area contributed by atoms with Crippen LogP contribution in [-0.2, 0) is 4.74 Å². The Kier molecular flexibility index (Phi) is 7.63. The highest BCUT2D eigenvalue weighted by molar-refractivity contribution is 5.68. The molecule has 0 aromatic heterocycles. The lowest BCUT2D eigenvalue weighted by atomic mass is 9.91. The molecule has 1 amide bonds. The quantitative estimate of drug-likeness (QED) is 0.705. The van der Waals surface area contributed by atoms with Crippen LogP contribution in [-0.4, -0.2) is 41.5 Å². The van der Waals surface area contributed by atoms with Gasteiger partial charge in [-0.05, 0) is 58.8 Å². The van der Waals surface area contributed by atoms with Gasteiger partial charge in [-0.2, -0.15) is 0 Å². The molecule has 130 valence electrons. The number of aliphatic hydroxyl groups excluding tert-OH is 1. The summed E-state index contributed by atoms with van der Waals surface area (Å²) in [6.07, 6.45) is 4.20. The second-order valence-corrected chi connectivity index (χ2v) is 7.89. The number of hydrogen-bond acceptors (Lipinski definition) is 4. The molecule has 22 heavy (non-hydrogen) atoms. The maximum atomic E-state index is 11.7. The second-order valence-electron chi connectivity index (χ2n) is 7.89. The van der Waals surface area contributed by atoms with Gasteiger partial charge in [-0.25, -0.2) is 4.79 Å². The van der Waals surface area contributed by atoms with Gasteiger partial charge in [-0.3, -0.25) is 0 Å². The molecule has 0 aliphatic heterocycles. The van der Waals surface area contributed by atoms with E-state index in [1.54, 1.807) is 0 Å². The maximum Gasteiger partial charge on any atom is 0.407 e. The Balaban J connectivity index is 2.19. The van der Waals surface area contributed by atoms with Crippen molar-refractivity contribution in [2.45, 2.75) is 90.5 Å². The topological polar surface area (TPSA) is 70.6 Å². The van der Waals surface area contributed by atoms with Crippen LogP contribution in [0.3, 0.4) is 0 Å². The number of hydrogen-bond donors (Lipinski definition) is 3. The van der Waals surface area contributed by atoms with Crippen molar-refractivity contribution in [1.82, 2.24) is 10.6 Å². The third-order valence-electron chi connectivity index (χ3n) is 3.83. The predicted octanol–water partition coefficient (Wildman–Crippen LogP) is 2.82. The minimum atomic E-state index is -0.449. The lowest BCUT2D eigenvalue weighted by molar-refractivity contribution is 0.0489. The van der Waals surface area contributed by atoms with Crippen molar-refractivity contribution < 1.29 is 14.6 Å². The average molecular weight is 314 g/mol. The minimum absolute atomic E-state index is 0.202. The fourth-order valence-corrected chi connectivity index (χ4v) is 2.85. The van der Waals surface area contributed by atoms with Gasteiger partial charge >= 0.3 is 6.09 Å². The molecule has 0 aromatic carbocycles. The molecule has 1 saturated carbocycles. The van der Waals surface area contributed by atoms with Crippen LogP contribution in [0, 0.1) is 5.92 Å². The van der Waals surface area contributed by atoms with Gasteiger partial charge in [-0.15, -0.1) is 0 Å². The summed E-state index contributed by atoms with van der Waals surface area (Å²) < 4.78 is 5.28. The van der Waals surface area contributed by atoms with Gasteiger partial charge in [-0.1, -0.05) is 13.8 Å². The number of ether oxygens (including phenoxy) is 1. The SMILES string of the molecule is CC(C)CC(O)CNC1CCC(NC(=O)OC(C)(C)C)CC1. The molecular weight excluding hydrogens is 280 g/mol. The zero-order valence-corrected chi connectivity index (χ0v) is 14.8. The Morgan fingerprint density at radius 3 is 2.23 bits per heavy atom. The zero-order chi connectivity index (χ0) is 16.8. The van der Waals surface area contributed by atoms with Gasteiger partial charge in [0.05, 0.1) is 6.10 Å². The predicted molar refractivity (Wildman–Crippen MR) is 88.9 cm³/mol. The van der Waals surface area contributed by atoms with E-state index in [-0.39, 0.29) is 18.2 Å². The highest BCUT2D eigenvalue weighted by Gasteiger charge is 2.24. The van der Waals surface area contributed by atoms with Gasteiger partial charge in [0, 0.05) is 18.6 Å². The number of nitrogens with one attached hydrogen (secondary N) is 2. The Bertz CT molecular complexity index is 331. The molecule has 3 N–H and O–H groups in total. The first-order chi connectivity index (χ1) is 10.2. The summed E-state index contributed by atoms with van der Waals surface area (Å²) in [6.45, 7) is 10.5. The van der Waals surface area contributed by atoms with E-state index >= 15 is 0 Å². The first kappa shape index (κ1) is 19.2. The van der Waals surface area contributed by atoms with Crippen LogP contribution in [0.5, 0.6) is 0 Å². The van der Waals surface area contributed by atoms with Crippen molar-refractivity contribution in [2.24, 2.45) is 5.92 Å². The summed E-state index contributed by atoms with van der Waals surface area (Å²) >= 11 is 0. The van der Waals surface area contributed by atoms with E-state index in [9.17, 15) is 9.90 Å². The zero-order valence-electron chi connectivity index (χ0n) is 14.8. The molecule has 5 nitrogen and oxygen atoms in total. The normalized spacial score (nSPS) is 24.1. The molecule has 0 radical (unpaired) electrons. The summed E-state index contributed by atoms with van der Waals surface area (Å²) in [4.78, 5) is 11.7.